The molecule has 134 valence electrons. The normalized spacial score (nSPS) is 11.8. The molecule has 26 heavy (non-hydrogen) atoms. The van der Waals surface area contributed by atoms with Crippen LogP contribution in [0.4, 0.5) is 10.8 Å². The Kier molecular flexibility index (Phi) is 6.25. The molecule has 3 aromatic rings. The topological polar surface area (TPSA) is 64.1 Å². The fourth-order valence-electron chi connectivity index (χ4n) is 2.32. The summed E-state index contributed by atoms with van der Waals surface area (Å²) in [5, 5.41) is 12.0. The molecule has 5 nitrogen and oxygen atoms in total. The van der Waals surface area contributed by atoms with Crippen molar-refractivity contribution >= 4 is 39.7 Å². The Morgan fingerprint density at radius 3 is 2.65 bits per heavy atom. The number of anilines is 2. The summed E-state index contributed by atoms with van der Waals surface area (Å²) in [7, 11) is 0. The third kappa shape index (κ3) is 4.62. The lowest BCUT2D eigenvalue weighted by atomic mass is 10.1. The summed E-state index contributed by atoms with van der Waals surface area (Å²) in [5.41, 5.74) is 1.55. The monoisotopic (exact) mass is 385 g/mol. The average Bonchev–Trinajstić information content (AvgIpc) is 3.10. The minimum atomic E-state index is -0.228. The van der Waals surface area contributed by atoms with Gasteiger partial charge >= 0.3 is 0 Å². The zero-order chi connectivity index (χ0) is 18.4. The fraction of sp³-hybridized carbons (Fsp3) is 0.211. The molecule has 1 heterocycles. The molecular weight excluding hydrogens is 366 g/mol. The molecule has 0 unspecified atom stereocenters. The number of nitrogens with one attached hydrogen (secondary N) is 1. The third-order valence-corrected chi connectivity index (χ3v) is 5.56. The number of thioether (sulfide) groups is 1. The SMILES string of the molecule is CCOc1ccccc1Nc1nnc(S[C@H](C)C(=O)c2ccccc2)s1. The molecule has 0 aliphatic carbocycles. The molecule has 0 amide bonds. The van der Waals surface area contributed by atoms with Crippen molar-refractivity contribution in [3.63, 3.8) is 0 Å². The van der Waals surface area contributed by atoms with Gasteiger partial charge in [-0.1, -0.05) is 65.6 Å². The van der Waals surface area contributed by atoms with E-state index < -0.39 is 0 Å². The number of Topliss-reactive ketones (excluding diaryl/α,β-unsaturated/α-hetero) is 1. The van der Waals surface area contributed by atoms with E-state index in [2.05, 4.69) is 15.5 Å². The van der Waals surface area contributed by atoms with Gasteiger partial charge in [0.25, 0.3) is 0 Å². The summed E-state index contributed by atoms with van der Waals surface area (Å²) < 4.78 is 6.35. The van der Waals surface area contributed by atoms with Crippen molar-refractivity contribution in [3.05, 3.63) is 60.2 Å². The molecule has 0 bridgehead atoms. The summed E-state index contributed by atoms with van der Waals surface area (Å²) in [6.45, 7) is 4.43. The molecule has 0 spiro atoms. The van der Waals surface area contributed by atoms with Crippen LogP contribution in [0.5, 0.6) is 5.75 Å². The minimum absolute atomic E-state index is 0.0852. The number of benzene rings is 2. The number of hydrogen-bond donors (Lipinski definition) is 1. The molecule has 0 aliphatic rings. The minimum Gasteiger partial charge on any atom is -0.492 e. The van der Waals surface area contributed by atoms with Crippen LogP contribution in [0.25, 0.3) is 0 Å². The molecule has 7 heteroatoms. The van der Waals surface area contributed by atoms with Gasteiger partial charge < -0.3 is 10.1 Å². The van der Waals surface area contributed by atoms with Crippen LogP contribution in [-0.2, 0) is 0 Å². The Hall–Kier alpha value is -2.38. The number of nitrogens with zero attached hydrogens (tertiary/aromatic N) is 2. The van der Waals surface area contributed by atoms with Crippen molar-refractivity contribution < 1.29 is 9.53 Å². The molecule has 0 fully saturated rings. The largest absolute Gasteiger partial charge is 0.492 e. The standard InChI is InChI=1S/C19H19N3O2S2/c1-3-24-16-12-8-7-11-15(16)20-18-21-22-19(26-18)25-13(2)17(23)14-9-5-4-6-10-14/h4-13H,3H2,1-2H3,(H,20,21)/t13-/m1/s1. The molecule has 2 aromatic carbocycles. The van der Waals surface area contributed by atoms with E-state index in [4.69, 9.17) is 4.74 Å². The number of carbonyl (C=O) groups is 1. The maximum Gasteiger partial charge on any atom is 0.210 e. The van der Waals surface area contributed by atoms with Crippen LogP contribution in [0.15, 0.2) is 58.9 Å². The second-order valence-corrected chi connectivity index (χ2v) is 7.98. The molecule has 0 saturated carbocycles. The summed E-state index contributed by atoms with van der Waals surface area (Å²) in [5.74, 6) is 0.856. The summed E-state index contributed by atoms with van der Waals surface area (Å²) in [6.07, 6.45) is 0. The van der Waals surface area contributed by atoms with Crippen LogP contribution in [0, 0.1) is 0 Å². The van der Waals surface area contributed by atoms with E-state index in [0.717, 1.165) is 15.8 Å². The quantitative estimate of drug-likeness (QED) is 0.433. The highest BCUT2D eigenvalue weighted by Crippen LogP contribution is 2.33. The van der Waals surface area contributed by atoms with Gasteiger partial charge in [-0.3, -0.25) is 4.79 Å². The van der Waals surface area contributed by atoms with Gasteiger partial charge in [-0.2, -0.15) is 0 Å². The molecule has 3 rings (SSSR count). The average molecular weight is 386 g/mol. The van der Waals surface area contributed by atoms with Crippen LogP contribution >= 0.6 is 23.1 Å². The number of para-hydroxylation sites is 2. The lowest BCUT2D eigenvalue weighted by Gasteiger charge is -2.09. The van der Waals surface area contributed by atoms with Crippen molar-refractivity contribution in [2.45, 2.75) is 23.4 Å². The van der Waals surface area contributed by atoms with Crippen LogP contribution in [-0.4, -0.2) is 27.8 Å². The number of hydrogen-bond acceptors (Lipinski definition) is 7. The van der Waals surface area contributed by atoms with Crippen molar-refractivity contribution in [1.82, 2.24) is 10.2 Å². The third-order valence-electron chi connectivity index (χ3n) is 3.54. The number of ether oxygens (including phenoxy) is 1. The number of ketones is 1. The summed E-state index contributed by atoms with van der Waals surface area (Å²) in [6, 6.07) is 17.0. The Labute approximate surface area is 160 Å². The number of aromatic nitrogens is 2. The summed E-state index contributed by atoms with van der Waals surface area (Å²) >= 11 is 2.83. The van der Waals surface area contributed by atoms with Crippen LogP contribution < -0.4 is 10.1 Å². The van der Waals surface area contributed by atoms with Crippen molar-refractivity contribution in [1.29, 1.82) is 0 Å². The lowest BCUT2D eigenvalue weighted by Crippen LogP contribution is -2.13. The van der Waals surface area contributed by atoms with E-state index in [1.807, 2.05) is 68.4 Å². The fourth-order valence-corrected chi connectivity index (χ4v) is 4.30. The van der Waals surface area contributed by atoms with Crippen molar-refractivity contribution in [2.24, 2.45) is 0 Å². The maximum atomic E-state index is 12.5. The second kappa shape index (κ2) is 8.82. The number of rotatable bonds is 8. The van der Waals surface area contributed by atoms with Gasteiger partial charge in [0.1, 0.15) is 5.75 Å². The number of carbonyl (C=O) groups excluding carboxylic acids is 1. The smallest absolute Gasteiger partial charge is 0.210 e. The van der Waals surface area contributed by atoms with Crippen molar-refractivity contribution in [3.8, 4) is 5.75 Å². The van der Waals surface area contributed by atoms with Gasteiger partial charge in [-0.25, -0.2) is 0 Å². The first-order chi connectivity index (χ1) is 12.7. The summed E-state index contributed by atoms with van der Waals surface area (Å²) in [4.78, 5) is 12.5. The van der Waals surface area contributed by atoms with E-state index in [1.54, 1.807) is 0 Å². The molecule has 1 N–H and O–H groups in total. The predicted molar refractivity (Wildman–Crippen MR) is 107 cm³/mol. The van der Waals surface area contributed by atoms with E-state index in [-0.39, 0.29) is 11.0 Å². The first kappa shape index (κ1) is 18.4. The Morgan fingerprint density at radius 1 is 1.15 bits per heavy atom. The van der Waals surface area contributed by atoms with Gasteiger partial charge in [-0.05, 0) is 26.0 Å². The van der Waals surface area contributed by atoms with Gasteiger partial charge in [0.2, 0.25) is 5.13 Å². The van der Waals surface area contributed by atoms with Crippen LogP contribution in [0.3, 0.4) is 0 Å². The van der Waals surface area contributed by atoms with E-state index in [9.17, 15) is 4.79 Å². The second-order valence-electron chi connectivity index (χ2n) is 5.42. The van der Waals surface area contributed by atoms with E-state index in [0.29, 0.717) is 17.3 Å². The molecule has 0 saturated heterocycles. The van der Waals surface area contributed by atoms with Gasteiger partial charge in [0.15, 0.2) is 10.1 Å². The zero-order valence-corrected chi connectivity index (χ0v) is 16.1. The molecule has 1 aromatic heterocycles. The zero-order valence-electron chi connectivity index (χ0n) is 14.5. The van der Waals surface area contributed by atoms with Gasteiger partial charge in [0, 0.05) is 5.56 Å². The first-order valence-electron chi connectivity index (χ1n) is 8.25. The molecular formula is C19H19N3O2S2. The highest BCUT2D eigenvalue weighted by atomic mass is 32.2. The lowest BCUT2D eigenvalue weighted by molar-refractivity contribution is 0.0994. The Balaban J connectivity index is 1.66. The van der Waals surface area contributed by atoms with Gasteiger partial charge in [0.05, 0.1) is 17.5 Å². The van der Waals surface area contributed by atoms with E-state index in [1.165, 1.54) is 23.1 Å². The maximum absolute atomic E-state index is 12.5. The van der Waals surface area contributed by atoms with E-state index >= 15 is 0 Å². The van der Waals surface area contributed by atoms with Crippen molar-refractivity contribution in [2.75, 3.05) is 11.9 Å². The van der Waals surface area contributed by atoms with Crippen LogP contribution in [0.2, 0.25) is 0 Å². The molecule has 1 atom stereocenters. The Morgan fingerprint density at radius 2 is 1.88 bits per heavy atom. The highest BCUT2D eigenvalue weighted by molar-refractivity contribution is 8.02. The van der Waals surface area contributed by atoms with Crippen LogP contribution in [0.1, 0.15) is 24.2 Å². The highest BCUT2D eigenvalue weighted by Gasteiger charge is 2.18. The van der Waals surface area contributed by atoms with Gasteiger partial charge in [-0.15, -0.1) is 10.2 Å². The Bertz CT molecular complexity index is 868. The molecule has 0 aliphatic heterocycles. The molecule has 0 radical (unpaired) electrons. The first-order valence-corrected chi connectivity index (χ1v) is 9.95. The predicted octanol–water partition coefficient (Wildman–Crippen LogP) is 5.04.